The van der Waals surface area contributed by atoms with Gasteiger partial charge in [-0.2, -0.15) is 0 Å². The molecule has 0 bridgehead atoms. The van der Waals surface area contributed by atoms with Crippen LogP contribution in [0.25, 0.3) is 0 Å². The minimum absolute atomic E-state index is 0.0980. The quantitative estimate of drug-likeness (QED) is 0.848. The predicted octanol–water partition coefficient (Wildman–Crippen LogP) is 1.18. The Labute approximate surface area is 105 Å². The van der Waals surface area contributed by atoms with Crippen molar-refractivity contribution in [3.8, 4) is 0 Å². The van der Waals surface area contributed by atoms with Gasteiger partial charge < -0.3 is 11.1 Å². The summed E-state index contributed by atoms with van der Waals surface area (Å²) < 4.78 is 3.70. The number of amides is 1. The third-order valence-electron chi connectivity index (χ3n) is 3.77. The normalized spacial score (nSPS) is 28.9. The highest BCUT2D eigenvalue weighted by Crippen LogP contribution is 2.33. The van der Waals surface area contributed by atoms with Crippen molar-refractivity contribution in [2.45, 2.75) is 38.1 Å². The van der Waals surface area contributed by atoms with Crippen molar-refractivity contribution in [1.82, 2.24) is 14.9 Å². The minimum Gasteiger partial charge on any atom is -0.344 e. The van der Waals surface area contributed by atoms with Gasteiger partial charge >= 0.3 is 0 Å². The Morgan fingerprint density at radius 2 is 2.53 bits per heavy atom. The van der Waals surface area contributed by atoms with Crippen molar-refractivity contribution in [1.29, 1.82) is 0 Å². The molecule has 1 aromatic heterocycles. The molecule has 0 saturated heterocycles. The van der Waals surface area contributed by atoms with E-state index in [0.717, 1.165) is 30.8 Å². The Balaban J connectivity index is 2.11. The molecule has 0 aromatic carbocycles. The van der Waals surface area contributed by atoms with E-state index in [1.54, 1.807) is 0 Å². The molecular formula is C11H18N4OS. The minimum atomic E-state index is -0.251. The van der Waals surface area contributed by atoms with Gasteiger partial charge in [-0.1, -0.05) is 24.3 Å². The monoisotopic (exact) mass is 254 g/mol. The number of hydrogen-bond acceptors (Lipinski definition) is 5. The molecule has 0 radical (unpaired) electrons. The standard InChI is InChI=1S/C11H18N4OS/c1-8-4-2-3-5-11(8,7-12)14-10(16)9-6-13-15-17-9/h6,8H,2-5,7,12H2,1H3,(H,14,16). The Morgan fingerprint density at radius 1 is 1.71 bits per heavy atom. The zero-order valence-electron chi connectivity index (χ0n) is 9.98. The summed E-state index contributed by atoms with van der Waals surface area (Å²) in [5.41, 5.74) is 5.64. The van der Waals surface area contributed by atoms with Crippen molar-refractivity contribution in [2.75, 3.05) is 6.54 Å². The number of carbonyl (C=O) groups excluding carboxylic acids is 1. The van der Waals surface area contributed by atoms with Crippen LogP contribution >= 0.6 is 11.5 Å². The fraction of sp³-hybridized carbons (Fsp3) is 0.727. The van der Waals surface area contributed by atoms with Crippen LogP contribution in [0.2, 0.25) is 0 Å². The Morgan fingerprint density at radius 3 is 3.12 bits per heavy atom. The van der Waals surface area contributed by atoms with Crippen molar-refractivity contribution in [2.24, 2.45) is 11.7 Å². The first kappa shape index (κ1) is 12.4. The topological polar surface area (TPSA) is 80.9 Å². The van der Waals surface area contributed by atoms with Gasteiger partial charge in [0.05, 0.1) is 11.7 Å². The van der Waals surface area contributed by atoms with Crippen LogP contribution in [0.5, 0.6) is 0 Å². The summed E-state index contributed by atoms with van der Waals surface area (Å²) >= 11 is 1.12. The third-order valence-corrected chi connectivity index (χ3v) is 4.43. The van der Waals surface area contributed by atoms with Crippen LogP contribution in [0, 0.1) is 5.92 Å². The average Bonchev–Trinajstić information content (AvgIpc) is 2.86. The van der Waals surface area contributed by atoms with Gasteiger partial charge in [0.1, 0.15) is 4.88 Å². The summed E-state index contributed by atoms with van der Waals surface area (Å²) in [7, 11) is 0. The maximum absolute atomic E-state index is 12.0. The molecule has 94 valence electrons. The SMILES string of the molecule is CC1CCCCC1(CN)NC(=O)c1cnns1. The van der Waals surface area contributed by atoms with Crippen molar-refractivity contribution < 1.29 is 4.79 Å². The zero-order valence-corrected chi connectivity index (χ0v) is 10.8. The van der Waals surface area contributed by atoms with E-state index >= 15 is 0 Å². The van der Waals surface area contributed by atoms with Crippen LogP contribution in [0.3, 0.4) is 0 Å². The lowest BCUT2D eigenvalue weighted by atomic mass is 9.73. The molecule has 2 rings (SSSR count). The van der Waals surface area contributed by atoms with Crippen LogP contribution in [-0.2, 0) is 0 Å². The Kier molecular flexibility index (Phi) is 3.73. The van der Waals surface area contributed by atoms with Gasteiger partial charge in [0.25, 0.3) is 5.91 Å². The number of rotatable bonds is 3. The molecular weight excluding hydrogens is 236 g/mol. The lowest BCUT2D eigenvalue weighted by molar-refractivity contribution is 0.0817. The lowest BCUT2D eigenvalue weighted by Crippen LogP contribution is -2.59. The summed E-state index contributed by atoms with van der Waals surface area (Å²) in [6.45, 7) is 2.66. The van der Waals surface area contributed by atoms with Gasteiger partial charge in [-0.15, -0.1) is 5.10 Å². The van der Waals surface area contributed by atoms with Crippen LogP contribution in [0.1, 0.15) is 42.3 Å². The van der Waals surface area contributed by atoms with Gasteiger partial charge in [-0.05, 0) is 30.3 Å². The predicted molar refractivity (Wildman–Crippen MR) is 66.8 cm³/mol. The largest absolute Gasteiger partial charge is 0.344 e. The molecule has 1 aromatic rings. The van der Waals surface area contributed by atoms with E-state index in [2.05, 4.69) is 21.8 Å². The third kappa shape index (κ3) is 2.47. The van der Waals surface area contributed by atoms with Gasteiger partial charge in [-0.25, -0.2) is 0 Å². The van der Waals surface area contributed by atoms with Crippen LogP contribution < -0.4 is 11.1 Å². The smallest absolute Gasteiger partial charge is 0.265 e. The molecule has 0 aliphatic heterocycles. The molecule has 2 atom stereocenters. The fourth-order valence-electron chi connectivity index (χ4n) is 2.51. The number of hydrogen-bond donors (Lipinski definition) is 2. The number of carbonyl (C=O) groups is 1. The lowest BCUT2D eigenvalue weighted by Gasteiger charge is -2.42. The molecule has 0 spiro atoms. The Hall–Kier alpha value is -1.01. The summed E-state index contributed by atoms with van der Waals surface area (Å²) in [5.74, 6) is 0.324. The first-order valence-corrected chi connectivity index (χ1v) is 6.75. The Bertz CT molecular complexity index is 381. The van der Waals surface area contributed by atoms with E-state index in [-0.39, 0.29) is 11.4 Å². The molecule has 1 aliphatic carbocycles. The van der Waals surface area contributed by atoms with Crippen LogP contribution in [-0.4, -0.2) is 27.6 Å². The molecule has 1 heterocycles. The second-order valence-corrected chi connectivity index (χ2v) is 5.53. The molecule has 1 aliphatic rings. The molecule has 1 fully saturated rings. The number of nitrogens with zero attached hydrogens (tertiary/aromatic N) is 2. The van der Waals surface area contributed by atoms with E-state index in [0.29, 0.717) is 17.3 Å². The summed E-state index contributed by atoms with van der Waals surface area (Å²) in [6.07, 6.45) is 5.93. The maximum Gasteiger partial charge on any atom is 0.265 e. The zero-order chi connectivity index (χ0) is 12.3. The number of nitrogens with one attached hydrogen (secondary N) is 1. The van der Waals surface area contributed by atoms with E-state index in [1.807, 2.05) is 0 Å². The van der Waals surface area contributed by atoms with E-state index in [9.17, 15) is 4.79 Å². The molecule has 3 N–H and O–H groups in total. The first-order chi connectivity index (χ1) is 8.18. The second-order valence-electron chi connectivity index (χ2n) is 4.74. The van der Waals surface area contributed by atoms with Crippen molar-refractivity contribution >= 4 is 17.4 Å². The number of aromatic nitrogens is 2. The van der Waals surface area contributed by atoms with Gasteiger partial charge in [0.15, 0.2) is 0 Å². The van der Waals surface area contributed by atoms with E-state index in [1.165, 1.54) is 12.6 Å². The van der Waals surface area contributed by atoms with Crippen LogP contribution in [0.4, 0.5) is 0 Å². The molecule has 6 heteroatoms. The van der Waals surface area contributed by atoms with Crippen LogP contribution in [0.15, 0.2) is 6.20 Å². The van der Waals surface area contributed by atoms with Crippen molar-refractivity contribution in [3.05, 3.63) is 11.1 Å². The van der Waals surface area contributed by atoms with E-state index < -0.39 is 0 Å². The van der Waals surface area contributed by atoms with Gasteiger partial charge in [-0.3, -0.25) is 4.79 Å². The summed E-state index contributed by atoms with van der Waals surface area (Å²) in [5, 5.41) is 6.78. The maximum atomic E-state index is 12.0. The summed E-state index contributed by atoms with van der Waals surface area (Å²) in [4.78, 5) is 12.6. The first-order valence-electron chi connectivity index (χ1n) is 5.98. The van der Waals surface area contributed by atoms with Gasteiger partial charge in [0, 0.05) is 6.54 Å². The highest BCUT2D eigenvalue weighted by molar-refractivity contribution is 7.07. The molecule has 17 heavy (non-hydrogen) atoms. The van der Waals surface area contributed by atoms with Crippen molar-refractivity contribution in [3.63, 3.8) is 0 Å². The fourth-order valence-corrected chi connectivity index (χ4v) is 2.92. The molecule has 2 unspecified atom stereocenters. The average molecular weight is 254 g/mol. The number of nitrogens with two attached hydrogens (primary N) is 1. The molecule has 1 saturated carbocycles. The van der Waals surface area contributed by atoms with Gasteiger partial charge in [0.2, 0.25) is 0 Å². The summed E-state index contributed by atoms with van der Waals surface area (Å²) in [6, 6.07) is 0. The highest BCUT2D eigenvalue weighted by Gasteiger charge is 2.38. The van der Waals surface area contributed by atoms with E-state index in [4.69, 9.17) is 5.73 Å². The highest BCUT2D eigenvalue weighted by atomic mass is 32.1. The second kappa shape index (κ2) is 5.10. The molecule has 1 amide bonds. The molecule has 5 nitrogen and oxygen atoms in total.